The predicted octanol–water partition coefficient (Wildman–Crippen LogP) is 1.86. The molecule has 0 fully saturated rings. The van der Waals surface area contributed by atoms with Crippen molar-refractivity contribution in [3.05, 3.63) is 16.6 Å². The summed E-state index contributed by atoms with van der Waals surface area (Å²) in [4.78, 5) is 1.24. The highest BCUT2D eigenvalue weighted by Gasteiger charge is 2.05. The Bertz CT molecular complexity index is 207. The van der Waals surface area contributed by atoms with Crippen LogP contribution in [0, 0.1) is 6.92 Å². The summed E-state index contributed by atoms with van der Waals surface area (Å²) in [5.41, 5.74) is 6.78. The van der Waals surface area contributed by atoms with Crippen LogP contribution in [0.1, 0.15) is 30.0 Å². The normalized spacial score (nSPS) is 13.5. The van der Waals surface area contributed by atoms with Gasteiger partial charge in [0.1, 0.15) is 0 Å². The van der Waals surface area contributed by atoms with Crippen LogP contribution in [0.15, 0.2) is 6.07 Å². The van der Waals surface area contributed by atoms with Gasteiger partial charge in [-0.05, 0) is 30.9 Å². The zero-order chi connectivity index (χ0) is 7.56. The fraction of sp³-hybridized carbons (Fsp3) is 0.571. The van der Waals surface area contributed by atoms with Crippen LogP contribution in [-0.2, 0) is 0 Å². The van der Waals surface area contributed by atoms with Crippen molar-refractivity contribution in [3.63, 3.8) is 0 Å². The maximum Gasteiger partial charge on any atom is 0.0712 e. The molecule has 1 aromatic rings. The van der Waals surface area contributed by atoms with E-state index < -0.39 is 0 Å². The maximum atomic E-state index is 5.75. The summed E-state index contributed by atoms with van der Waals surface area (Å²) < 4.78 is 4.20. The molecule has 1 rings (SSSR count). The molecule has 0 aliphatic carbocycles. The molecule has 10 heavy (non-hydrogen) atoms. The number of hydrogen-bond acceptors (Lipinski definition) is 3. The van der Waals surface area contributed by atoms with Crippen LogP contribution in [0.25, 0.3) is 0 Å². The lowest BCUT2D eigenvalue weighted by molar-refractivity contribution is 0.683. The van der Waals surface area contributed by atoms with E-state index in [4.69, 9.17) is 5.73 Å². The molecule has 3 heteroatoms. The minimum absolute atomic E-state index is 0.130. The lowest BCUT2D eigenvalue weighted by atomic mass is 10.2. The third kappa shape index (κ3) is 1.55. The third-order valence-electron chi connectivity index (χ3n) is 1.47. The fourth-order valence-corrected chi connectivity index (χ4v) is 1.38. The first-order valence-corrected chi connectivity index (χ1v) is 4.20. The second-order valence-electron chi connectivity index (χ2n) is 2.38. The average Bonchev–Trinajstić information content (AvgIpc) is 2.34. The summed E-state index contributed by atoms with van der Waals surface area (Å²) in [7, 11) is 0. The Hall–Kier alpha value is -0.410. The minimum atomic E-state index is 0.130. The minimum Gasteiger partial charge on any atom is -0.323 e. The number of rotatable bonds is 2. The number of nitrogens with zero attached hydrogens (tertiary/aromatic N) is 1. The van der Waals surface area contributed by atoms with E-state index in [9.17, 15) is 0 Å². The summed E-state index contributed by atoms with van der Waals surface area (Å²) in [5, 5.41) is 0. The van der Waals surface area contributed by atoms with Gasteiger partial charge in [-0.2, -0.15) is 4.37 Å². The maximum absolute atomic E-state index is 5.75. The summed E-state index contributed by atoms with van der Waals surface area (Å²) >= 11 is 1.52. The molecule has 56 valence electrons. The molecule has 0 radical (unpaired) electrons. The van der Waals surface area contributed by atoms with E-state index in [1.54, 1.807) is 0 Å². The van der Waals surface area contributed by atoms with Crippen molar-refractivity contribution in [2.75, 3.05) is 0 Å². The van der Waals surface area contributed by atoms with Gasteiger partial charge in [0.15, 0.2) is 0 Å². The predicted molar refractivity (Wildman–Crippen MR) is 44.1 cm³/mol. The molecule has 0 saturated heterocycles. The van der Waals surface area contributed by atoms with Gasteiger partial charge >= 0.3 is 0 Å². The quantitative estimate of drug-likeness (QED) is 0.709. The SMILES string of the molecule is CCC(N)c1cc(C)sn1. The molecule has 0 aliphatic rings. The molecular weight excluding hydrogens is 144 g/mol. The van der Waals surface area contributed by atoms with Crippen molar-refractivity contribution < 1.29 is 0 Å². The molecule has 1 unspecified atom stereocenters. The molecule has 0 amide bonds. The van der Waals surface area contributed by atoms with Crippen molar-refractivity contribution in [1.29, 1.82) is 0 Å². The van der Waals surface area contributed by atoms with Gasteiger partial charge in [-0.15, -0.1) is 0 Å². The van der Waals surface area contributed by atoms with Gasteiger partial charge in [0.05, 0.1) is 5.69 Å². The molecule has 2 nitrogen and oxygen atoms in total. The lowest BCUT2D eigenvalue weighted by Gasteiger charge is -2.01. The van der Waals surface area contributed by atoms with Gasteiger partial charge in [-0.25, -0.2) is 0 Å². The van der Waals surface area contributed by atoms with Crippen molar-refractivity contribution >= 4 is 11.5 Å². The van der Waals surface area contributed by atoms with Crippen LogP contribution < -0.4 is 5.73 Å². The Morgan fingerprint density at radius 3 is 2.90 bits per heavy atom. The van der Waals surface area contributed by atoms with Crippen LogP contribution in [0.5, 0.6) is 0 Å². The van der Waals surface area contributed by atoms with E-state index in [1.165, 1.54) is 16.4 Å². The molecule has 0 bridgehead atoms. The van der Waals surface area contributed by atoms with Crippen LogP contribution in [0.3, 0.4) is 0 Å². The van der Waals surface area contributed by atoms with Gasteiger partial charge in [0.25, 0.3) is 0 Å². The Morgan fingerprint density at radius 2 is 2.50 bits per heavy atom. The second-order valence-corrected chi connectivity index (χ2v) is 3.39. The first kappa shape index (κ1) is 7.69. The van der Waals surface area contributed by atoms with E-state index in [-0.39, 0.29) is 6.04 Å². The molecule has 0 saturated carbocycles. The van der Waals surface area contributed by atoms with E-state index >= 15 is 0 Å². The summed E-state index contributed by atoms with van der Waals surface area (Å²) in [6.45, 7) is 4.11. The molecule has 1 atom stereocenters. The second kappa shape index (κ2) is 3.12. The van der Waals surface area contributed by atoms with Crippen LogP contribution >= 0.6 is 11.5 Å². The molecule has 1 aromatic heterocycles. The summed E-state index contributed by atoms with van der Waals surface area (Å²) in [6.07, 6.45) is 0.961. The lowest BCUT2D eigenvalue weighted by Crippen LogP contribution is -2.08. The monoisotopic (exact) mass is 156 g/mol. The van der Waals surface area contributed by atoms with Gasteiger partial charge in [-0.1, -0.05) is 6.92 Å². The first-order chi connectivity index (χ1) is 4.74. The highest BCUT2D eigenvalue weighted by Crippen LogP contribution is 2.15. The largest absolute Gasteiger partial charge is 0.323 e. The molecule has 0 aromatic carbocycles. The molecular formula is C7H12N2S. The number of aryl methyl sites for hydroxylation is 1. The molecule has 1 heterocycles. The van der Waals surface area contributed by atoms with Crippen molar-refractivity contribution in [2.45, 2.75) is 26.3 Å². The average molecular weight is 156 g/mol. The number of nitrogens with two attached hydrogens (primary N) is 1. The Morgan fingerprint density at radius 1 is 1.80 bits per heavy atom. The number of aromatic nitrogens is 1. The first-order valence-electron chi connectivity index (χ1n) is 3.43. The van der Waals surface area contributed by atoms with Crippen LogP contribution in [-0.4, -0.2) is 4.37 Å². The number of hydrogen-bond donors (Lipinski definition) is 1. The van der Waals surface area contributed by atoms with E-state index in [1.807, 2.05) is 6.92 Å². The van der Waals surface area contributed by atoms with Gasteiger partial charge in [0.2, 0.25) is 0 Å². The molecule has 0 aliphatic heterocycles. The van der Waals surface area contributed by atoms with Gasteiger partial charge in [0, 0.05) is 10.9 Å². The van der Waals surface area contributed by atoms with Crippen LogP contribution in [0.2, 0.25) is 0 Å². The fourth-order valence-electron chi connectivity index (χ4n) is 0.770. The van der Waals surface area contributed by atoms with E-state index in [2.05, 4.69) is 17.4 Å². The highest BCUT2D eigenvalue weighted by atomic mass is 32.1. The van der Waals surface area contributed by atoms with Crippen molar-refractivity contribution in [2.24, 2.45) is 5.73 Å². The standard InChI is InChI=1S/C7H12N2S/c1-3-6(8)7-4-5(2)10-9-7/h4,6H,3,8H2,1-2H3. The van der Waals surface area contributed by atoms with Crippen LogP contribution in [0.4, 0.5) is 0 Å². The summed E-state index contributed by atoms with van der Waals surface area (Å²) in [5.74, 6) is 0. The summed E-state index contributed by atoms with van der Waals surface area (Å²) in [6, 6.07) is 2.18. The smallest absolute Gasteiger partial charge is 0.0712 e. The van der Waals surface area contributed by atoms with E-state index in [0.29, 0.717) is 0 Å². The topological polar surface area (TPSA) is 38.9 Å². The van der Waals surface area contributed by atoms with Crippen molar-refractivity contribution in [3.8, 4) is 0 Å². The molecule has 0 spiro atoms. The van der Waals surface area contributed by atoms with Crippen molar-refractivity contribution in [1.82, 2.24) is 4.37 Å². The third-order valence-corrected chi connectivity index (χ3v) is 2.17. The zero-order valence-corrected chi connectivity index (χ0v) is 7.11. The zero-order valence-electron chi connectivity index (χ0n) is 6.29. The molecule has 2 N–H and O–H groups in total. The van der Waals surface area contributed by atoms with Gasteiger partial charge in [-0.3, -0.25) is 0 Å². The highest BCUT2D eigenvalue weighted by molar-refractivity contribution is 7.05. The Labute approximate surface area is 65.2 Å². The van der Waals surface area contributed by atoms with Gasteiger partial charge < -0.3 is 5.73 Å². The Kier molecular flexibility index (Phi) is 2.40. The Balaban J connectivity index is 2.74. The van der Waals surface area contributed by atoms with E-state index in [0.717, 1.165) is 12.1 Å².